The molecule has 0 aromatic rings. The van der Waals surface area contributed by atoms with Gasteiger partial charge in [0.05, 0.1) is 0 Å². The van der Waals surface area contributed by atoms with Gasteiger partial charge < -0.3 is 5.73 Å². The summed E-state index contributed by atoms with van der Waals surface area (Å²) in [7, 11) is 0. The van der Waals surface area contributed by atoms with Gasteiger partial charge in [-0.15, -0.1) is 0 Å². The number of hydrogen-bond donors (Lipinski definition) is 1. The van der Waals surface area contributed by atoms with Crippen LogP contribution in [0.2, 0.25) is 0 Å². The lowest BCUT2D eigenvalue weighted by molar-refractivity contribution is 0.134. The predicted octanol–water partition coefficient (Wildman–Crippen LogP) is 5.09. The maximum atomic E-state index is 6.00. The van der Waals surface area contributed by atoms with E-state index in [2.05, 4.69) is 39.5 Å². The number of rotatable bonds is 8. The normalized spacial score (nSPS) is 28.6. The number of thioether (sulfide) groups is 1. The van der Waals surface area contributed by atoms with Crippen LogP contribution in [0, 0.1) is 17.3 Å². The molecule has 0 spiro atoms. The second-order valence-corrected chi connectivity index (χ2v) is 8.31. The Hall–Kier alpha value is 0.310. The van der Waals surface area contributed by atoms with E-state index in [0.29, 0.717) is 5.41 Å². The van der Waals surface area contributed by atoms with E-state index >= 15 is 0 Å². The molecule has 1 fully saturated rings. The molecule has 0 aliphatic heterocycles. The van der Waals surface area contributed by atoms with Gasteiger partial charge in [0.15, 0.2) is 0 Å². The van der Waals surface area contributed by atoms with Gasteiger partial charge in [0.2, 0.25) is 0 Å². The minimum atomic E-state index is 0.516. The Morgan fingerprint density at radius 3 is 2.47 bits per heavy atom. The predicted molar refractivity (Wildman–Crippen MR) is 89.7 cm³/mol. The van der Waals surface area contributed by atoms with Crippen molar-refractivity contribution >= 4 is 11.8 Å². The molecule has 0 saturated heterocycles. The lowest BCUT2D eigenvalue weighted by atomic mass is 9.67. The zero-order valence-electron chi connectivity index (χ0n) is 13.6. The maximum absolute atomic E-state index is 6.00. The third-order valence-electron chi connectivity index (χ3n) is 5.33. The van der Waals surface area contributed by atoms with Crippen molar-refractivity contribution in [2.75, 3.05) is 12.3 Å². The van der Waals surface area contributed by atoms with Crippen LogP contribution in [0.1, 0.15) is 72.6 Å². The Kier molecular flexibility index (Phi) is 7.83. The first-order valence-corrected chi connectivity index (χ1v) is 9.41. The van der Waals surface area contributed by atoms with E-state index in [1.54, 1.807) is 0 Å². The maximum Gasteiger partial charge on any atom is 0.00901 e. The van der Waals surface area contributed by atoms with Crippen LogP contribution in [0.5, 0.6) is 0 Å². The second-order valence-electron chi connectivity index (χ2n) is 6.96. The van der Waals surface area contributed by atoms with Crippen molar-refractivity contribution in [3.05, 3.63) is 0 Å². The number of nitrogens with two attached hydrogens (primary N) is 1. The molecule has 1 aliphatic rings. The van der Waals surface area contributed by atoms with E-state index < -0.39 is 0 Å². The van der Waals surface area contributed by atoms with E-state index in [1.165, 1.54) is 50.7 Å². The van der Waals surface area contributed by atoms with E-state index in [4.69, 9.17) is 5.73 Å². The molecule has 0 heterocycles. The lowest BCUT2D eigenvalue weighted by Gasteiger charge is -2.42. The van der Waals surface area contributed by atoms with Gasteiger partial charge in [-0.3, -0.25) is 0 Å². The SMILES string of the molecule is CCCCCSC1CC(C(C)(C)CC)CCC1CN. The zero-order chi connectivity index (χ0) is 14.3. The van der Waals surface area contributed by atoms with Gasteiger partial charge in [0.1, 0.15) is 0 Å². The van der Waals surface area contributed by atoms with Gasteiger partial charge in [-0.1, -0.05) is 47.0 Å². The fraction of sp³-hybridized carbons (Fsp3) is 1.00. The summed E-state index contributed by atoms with van der Waals surface area (Å²) in [5.41, 5.74) is 6.51. The summed E-state index contributed by atoms with van der Waals surface area (Å²) in [6.45, 7) is 10.4. The third kappa shape index (κ3) is 5.30. The molecule has 0 aromatic carbocycles. The van der Waals surface area contributed by atoms with Crippen molar-refractivity contribution in [1.29, 1.82) is 0 Å². The van der Waals surface area contributed by atoms with Crippen LogP contribution in [0.3, 0.4) is 0 Å². The van der Waals surface area contributed by atoms with E-state index in [0.717, 1.165) is 23.6 Å². The summed E-state index contributed by atoms with van der Waals surface area (Å²) in [4.78, 5) is 0. The molecule has 1 saturated carbocycles. The van der Waals surface area contributed by atoms with Crippen LogP contribution in [-0.4, -0.2) is 17.5 Å². The highest BCUT2D eigenvalue weighted by Gasteiger charge is 2.36. The summed E-state index contributed by atoms with van der Waals surface area (Å²) in [6.07, 6.45) is 9.56. The Bertz CT molecular complexity index is 239. The van der Waals surface area contributed by atoms with Crippen LogP contribution in [0.15, 0.2) is 0 Å². The average Bonchev–Trinajstić information content (AvgIpc) is 2.43. The molecule has 1 rings (SSSR count). The molecule has 2 heteroatoms. The molecule has 114 valence electrons. The Morgan fingerprint density at radius 1 is 1.16 bits per heavy atom. The van der Waals surface area contributed by atoms with Gasteiger partial charge in [0, 0.05) is 5.25 Å². The Labute approximate surface area is 125 Å². The van der Waals surface area contributed by atoms with Crippen molar-refractivity contribution in [3.8, 4) is 0 Å². The van der Waals surface area contributed by atoms with Crippen molar-refractivity contribution in [2.24, 2.45) is 23.0 Å². The quantitative estimate of drug-likeness (QED) is 0.629. The van der Waals surface area contributed by atoms with Gasteiger partial charge in [-0.25, -0.2) is 0 Å². The monoisotopic (exact) mass is 285 g/mol. The Balaban J connectivity index is 2.49. The van der Waals surface area contributed by atoms with Crippen molar-refractivity contribution in [3.63, 3.8) is 0 Å². The fourth-order valence-corrected chi connectivity index (χ4v) is 4.81. The highest BCUT2D eigenvalue weighted by molar-refractivity contribution is 7.99. The summed E-state index contributed by atoms with van der Waals surface area (Å²) < 4.78 is 0. The molecule has 3 atom stereocenters. The zero-order valence-corrected chi connectivity index (χ0v) is 14.4. The standard InChI is InChI=1S/C17H35NS/c1-5-7-8-11-19-16-12-15(17(3,4)6-2)10-9-14(16)13-18/h14-16H,5-13,18H2,1-4H3. The topological polar surface area (TPSA) is 26.0 Å². The minimum absolute atomic E-state index is 0.516. The average molecular weight is 286 g/mol. The van der Waals surface area contributed by atoms with Crippen molar-refractivity contribution in [1.82, 2.24) is 0 Å². The van der Waals surface area contributed by atoms with Crippen LogP contribution < -0.4 is 5.73 Å². The molecular weight excluding hydrogens is 250 g/mol. The first kappa shape index (κ1) is 17.4. The van der Waals surface area contributed by atoms with Crippen LogP contribution in [0.4, 0.5) is 0 Å². The van der Waals surface area contributed by atoms with Crippen LogP contribution in [-0.2, 0) is 0 Å². The summed E-state index contributed by atoms with van der Waals surface area (Å²) in [6, 6.07) is 0. The van der Waals surface area contributed by atoms with E-state index in [9.17, 15) is 0 Å². The molecule has 0 aromatic heterocycles. The first-order chi connectivity index (χ1) is 9.05. The molecule has 2 N–H and O–H groups in total. The molecule has 3 unspecified atom stereocenters. The summed E-state index contributed by atoms with van der Waals surface area (Å²) >= 11 is 2.22. The van der Waals surface area contributed by atoms with Crippen LogP contribution in [0.25, 0.3) is 0 Å². The summed E-state index contributed by atoms with van der Waals surface area (Å²) in [5, 5.41) is 0.825. The Morgan fingerprint density at radius 2 is 1.89 bits per heavy atom. The highest BCUT2D eigenvalue weighted by atomic mass is 32.2. The third-order valence-corrected chi connectivity index (χ3v) is 6.86. The molecule has 1 aliphatic carbocycles. The largest absolute Gasteiger partial charge is 0.330 e. The minimum Gasteiger partial charge on any atom is -0.330 e. The highest BCUT2D eigenvalue weighted by Crippen LogP contribution is 2.45. The fourth-order valence-electron chi connectivity index (χ4n) is 3.25. The molecule has 0 radical (unpaired) electrons. The number of hydrogen-bond acceptors (Lipinski definition) is 2. The second kappa shape index (κ2) is 8.56. The van der Waals surface area contributed by atoms with Gasteiger partial charge >= 0.3 is 0 Å². The molecule has 0 amide bonds. The summed E-state index contributed by atoms with van der Waals surface area (Å²) in [5.74, 6) is 3.02. The van der Waals surface area contributed by atoms with Crippen molar-refractivity contribution in [2.45, 2.75) is 77.9 Å². The van der Waals surface area contributed by atoms with Gasteiger partial charge in [-0.2, -0.15) is 11.8 Å². The smallest absolute Gasteiger partial charge is 0.00901 e. The van der Waals surface area contributed by atoms with Gasteiger partial charge in [-0.05, 0) is 55.2 Å². The molecule has 0 bridgehead atoms. The lowest BCUT2D eigenvalue weighted by Crippen LogP contribution is -2.37. The van der Waals surface area contributed by atoms with E-state index in [1.807, 2.05) is 0 Å². The van der Waals surface area contributed by atoms with Crippen molar-refractivity contribution < 1.29 is 0 Å². The van der Waals surface area contributed by atoms with E-state index in [-0.39, 0.29) is 0 Å². The number of unbranched alkanes of at least 4 members (excludes halogenated alkanes) is 2. The van der Waals surface area contributed by atoms with Gasteiger partial charge in [0.25, 0.3) is 0 Å². The molecular formula is C17H35NS. The van der Waals surface area contributed by atoms with Crippen LogP contribution >= 0.6 is 11.8 Å². The first-order valence-electron chi connectivity index (χ1n) is 8.36. The molecule has 1 nitrogen and oxygen atoms in total. The molecule has 19 heavy (non-hydrogen) atoms.